The molecule has 0 unspecified atom stereocenters. The molecule has 122 valence electrons. The van der Waals surface area contributed by atoms with E-state index in [1.807, 2.05) is 0 Å². The number of sulfonamides is 1. The van der Waals surface area contributed by atoms with E-state index in [4.69, 9.17) is 9.47 Å². The van der Waals surface area contributed by atoms with Crippen LogP contribution in [0.15, 0.2) is 16.6 Å². The Kier molecular flexibility index (Phi) is 5.46. The van der Waals surface area contributed by atoms with Crippen molar-refractivity contribution in [3.8, 4) is 5.75 Å². The van der Waals surface area contributed by atoms with E-state index in [-0.39, 0.29) is 17.1 Å². The second kappa shape index (κ2) is 6.97. The van der Waals surface area contributed by atoms with E-state index in [0.717, 1.165) is 12.8 Å². The Labute approximate surface area is 138 Å². The van der Waals surface area contributed by atoms with E-state index in [2.05, 4.69) is 15.9 Å². The fourth-order valence-electron chi connectivity index (χ4n) is 2.50. The van der Waals surface area contributed by atoms with Gasteiger partial charge in [0, 0.05) is 13.1 Å². The first-order valence-corrected chi connectivity index (χ1v) is 9.22. The molecule has 0 amide bonds. The van der Waals surface area contributed by atoms with Crippen LogP contribution in [0, 0.1) is 0 Å². The van der Waals surface area contributed by atoms with Crippen molar-refractivity contribution in [2.45, 2.75) is 18.6 Å². The van der Waals surface area contributed by atoms with Crippen LogP contribution < -0.4 is 4.74 Å². The van der Waals surface area contributed by atoms with E-state index in [1.54, 1.807) is 12.1 Å². The van der Waals surface area contributed by atoms with Crippen molar-refractivity contribution in [2.24, 2.45) is 0 Å². The number of halogens is 1. The SMILES string of the molecule is COC(=O)c1c(CS(=O)(=O)N2CCCC2)ccc(Br)c1OC. The van der Waals surface area contributed by atoms with Gasteiger partial charge >= 0.3 is 5.97 Å². The van der Waals surface area contributed by atoms with Crippen molar-refractivity contribution in [1.29, 1.82) is 0 Å². The fraction of sp³-hybridized carbons (Fsp3) is 0.500. The van der Waals surface area contributed by atoms with E-state index in [9.17, 15) is 13.2 Å². The van der Waals surface area contributed by atoms with Gasteiger partial charge in [-0.2, -0.15) is 0 Å². The van der Waals surface area contributed by atoms with Crippen molar-refractivity contribution in [3.05, 3.63) is 27.7 Å². The van der Waals surface area contributed by atoms with Crippen molar-refractivity contribution < 1.29 is 22.7 Å². The number of esters is 1. The summed E-state index contributed by atoms with van der Waals surface area (Å²) in [6, 6.07) is 3.27. The number of benzene rings is 1. The molecule has 6 nitrogen and oxygen atoms in total. The van der Waals surface area contributed by atoms with Gasteiger partial charge in [0.15, 0.2) is 0 Å². The molecule has 8 heteroatoms. The lowest BCUT2D eigenvalue weighted by Crippen LogP contribution is -2.29. The Morgan fingerprint density at radius 1 is 1.27 bits per heavy atom. The zero-order valence-corrected chi connectivity index (χ0v) is 14.9. The van der Waals surface area contributed by atoms with Crippen LogP contribution in [0.4, 0.5) is 0 Å². The third-order valence-corrected chi connectivity index (χ3v) is 6.04. The van der Waals surface area contributed by atoms with Gasteiger partial charge in [0.2, 0.25) is 10.0 Å². The Bertz CT molecular complexity index is 668. The second-order valence-electron chi connectivity index (χ2n) is 4.97. The molecule has 0 aromatic heterocycles. The molecule has 0 N–H and O–H groups in total. The predicted molar refractivity (Wildman–Crippen MR) is 85.5 cm³/mol. The third kappa shape index (κ3) is 3.44. The number of hydrogen-bond donors (Lipinski definition) is 0. The van der Waals surface area contributed by atoms with Crippen molar-refractivity contribution >= 4 is 31.9 Å². The Balaban J connectivity index is 2.44. The lowest BCUT2D eigenvalue weighted by molar-refractivity contribution is 0.0596. The van der Waals surface area contributed by atoms with Gasteiger partial charge in [0.05, 0.1) is 24.4 Å². The molecule has 0 radical (unpaired) electrons. The second-order valence-corrected chi connectivity index (χ2v) is 7.79. The van der Waals surface area contributed by atoms with E-state index < -0.39 is 16.0 Å². The van der Waals surface area contributed by atoms with Crippen LogP contribution in [-0.2, 0) is 20.5 Å². The molecule has 0 spiro atoms. The molecule has 1 aromatic carbocycles. The van der Waals surface area contributed by atoms with Gasteiger partial charge in [-0.15, -0.1) is 0 Å². The minimum absolute atomic E-state index is 0.141. The smallest absolute Gasteiger partial charge is 0.342 e. The van der Waals surface area contributed by atoms with Crippen LogP contribution in [0.1, 0.15) is 28.8 Å². The van der Waals surface area contributed by atoms with Crippen LogP contribution in [0.5, 0.6) is 5.75 Å². The van der Waals surface area contributed by atoms with Crippen LogP contribution in [0.2, 0.25) is 0 Å². The van der Waals surface area contributed by atoms with E-state index in [1.165, 1.54) is 18.5 Å². The summed E-state index contributed by atoms with van der Waals surface area (Å²) in [7, 11) is -0.787. The molecule has 0 saturated carbocycles. The van der Waals surface area contributed by atoms with E-state index in [0.29, 0.717) is 23.1 Å². The summed E-state index contributed by atoms with van der Waals surface area (Å²) < 4.78 is 37.0. The molecule has 0 atom stereocenters. The number of methoxy groups -OCH3 is 2. The minimum Gasteiger partial charge on any atom is -0.495 e. The maximum Gasteiger partial charge on any atom is 0.342 e. The summed E-state index contributed by atoms with van der Waals surface area (Å²) in [4.78, 5) is 12.0. The Morgan fingerprint density at radius 2 is 1.91 bits per heavy atom. The van der Waals surface area contributed by atoms with Crippen LogP contribution in [-0.4, -0.2) is 46.0 Å². The highest BCUT2D eigenvalue weighted by Crippen LogP contribution is 2.33. The quantitative estimate of drug-likeness (QED) is 0.719. The Hall–Kier alpha value is -1.12. The fourth-order valence-corrected chi connectivity index (χ4v) is 4.62. The number of ether oxygens (including phenoxy) is 2. The Morgan fingerprint density at radius 3 is 2.45 bits per heavy atom. The monoisotopic (exact) mass is 391 g/mol. The van der Waals surface area contributed by atoms with Gasteiger partial charge in [0.25, 0.3) is 0 Å². The lowest BCUT2D eigenvalue weighted by Gasteiger charge is -2.18. The van der Waals surface area contributed by atoms with E-state index >= 15 is 0 Å². The van der Waals surface area contributed by atoms with Crippen molar-refractivity contribution in [3.63, 3.8) is 0 Å². The maximum absolute atomic E-state index is 12.5. The van der Waals surface area contributed by atoms with Crippen LogP contribution >= 0.6 is 15.9 Å². The average Bonchev–Trinajstić information content (AvgIpc) is 3.02. The molecule has 0 bridgehead atoms. The van der Waals surface area contributed by atoms with Gasteiger partial charge in [0.1, 0.15) is 11.3 Å². The number of carbonyl (C=O) groups is 1. The standard InChI is InChI=1S/C14H18BrNO5S/c1-20-13-11(15)6-5-10(12(13)14(17)21-2)9-22(18,19)16-7-3-4-8-16/h5-6H,3-4,7-9H2,1-2H3. The first-order valence-electron chi connectivity index (χ1n) is 6.82. The summed E-state index contributed by atoms with van der Waals surface area (Å²) in [5.74, 6) is -0.591. The van der Waals surface area contributed by atoms with Gasteiger partial charge in [-0.05, 0) is 40.4 Å². The first-order chi connectivity index (χ1) is 10.4. The predicted octanol–water partition coefficient (Wildman–Crippen LogP) is 2.17. The first kappa shape index (κ1) is 17.2. The molecule has 1 heterocycles. The minimum atomic E-state index is -3.46. The summed E-state index contributed by atoms with van der Waals surface area (Å²) in [5.41, 5.74) is 0.515. The third-order valence-electron chi connectivity index (χ3n) is 3.59. The zero-order valence-electron chi connectivity index (χ0n) is 12.5. The molecule has 1 saturated heterocycles. The molecule has 1 aliphatic rings. The zero-order chi connectivity index (χ0) is 16.3. The van der Waals surface area contributed by atoms with Gasteiger partial charge < -0.3 is 9.47 Å². The molecule has 1 aromatic rings. The van der Waals surface area contributed by atoms with Crippen molar-refractivity contribution in [2.75, 3.05) is 27.3 Å². The summed E-state index contributed by atoms with van der Waals surface area (Å²) in [6.07, 6.45) is 1.74. The molecule has 0 aliphatic carbocycles. The summed E-state index contributed by atoms with van der Waals surface area (Å²) in [5, 5.41) is 0. The summed E-state index contributed by atoms with van der Waals surface area (Å²) >= 11 is 3.29. The average molecular weight is 392 g/mol. The number of hydrogen-bond acceptors (Lipinski definition) is 5. The molecular formula is C14H18BrNO5S. The van der Waals surface area contributed by atoms with Gasteiger partial charge in [-0.3, -0.25) is 0 Å². The topological polar surface area (TPSA) is 72.9 Å². The number of rotatable bonds is 5. The van der Waals surface area contributed by atoms with Gasteiger partial charge in [-0.25, -0.2) is 17.5 Å². The molecular weight excluding hydrogens is 374 g/mol. The number of carbonyl (C=O) groups excluding carboxylic acids is 1. The normalized spacial score (nSPS) is 15.8. The molecule has 1 aliphatic heterocycles. The molecule has 22 heavy (non-hydrogen) atoms. The molecule has 2 rings (SSSR count). The highest BCUT2D eigenvalue weighted by Gasteiger charge is 2.29. The number of nitrogens with zero attached hydrogens (tertiary/aromatic N) is 1. The largest absolute Gasteiger partial charge is 0.495 e. The lowest BCUT2D eigenvalue weighted by atomic mass is 10.1. The van der Waals surface area contributed by atoms with Crippen LogP contribution in [0.25, 0.3) is 0 Å². The highest BCUT2D eigenvalue weighted by molar-refractivity contribution is 9.10. The van der Waals surface area contributed by atoms with Gasteiger partial charge in [-0.1, -0.05) is 6.07 Å². The maximum atomic E-state index is 12.5. The summed E-state index contributed by atoms with van der Waals surface area (Å²) in [6.45, 7) is 1.06. The van der Waals surface area contributed by atoms with Crippen molar-refractivity contribution in [1.82, 2.24) is 4.31 Å². The van der Waals surface area contributed by atoms with Crippen LogP contribution in [0.3, 0.4) is 0 Å². The highest BCUT2D eigenvalue weighted by atomic mass is 79.9. The molecule has 1 fully saturated rings.